The van der Waals surface area contributed by atoms with E-state index in [0.717, 1.165) is 38.6 Å². The number of hydrogen-bond donors (Lipinski definition) is 2. The lowest BCUT2D eigenvalue weighted by atomic mass is 9.81. The Balaban J connectivity index is 1.87. The number of likely N-dealkylation sites (tertiary alicyclic amines) is 1. The number of nitrogens with zero attached hydrogens (tertiary/aromatic N) is 1. The number of aliphatic carboxylic acids is 1. The van der Waals surface area contributed by atoms with Crippen molar-refractivity contribution in [1.82, 2.24) is 4.90 Å². The fraction of sp³-hybridized carbons (Fsp3) is 0.857. The maximum atomic E-state index is 12.4. The number of amides is 1. The van der Waals surface area contributed by atoms with Gasteiger partial charge in [0.05, 0.1) is 5.92 Å². The number of carbonyl (C=O) groups excluding carboxylic acids is 1. The zero-order chi connectivity index (χ0) is 13.8. The molecule has 3 N–H and O–H groups in total. The molecule has 1 atom stereocenters. The van der Waals surface area contributed by atoms with Crippen LogP contribution in [0.3, 0.4) is 0 Å². The minimum absolute atomic E-state index is 0.0929. The molecule has 1 saturated heterocycles. The van der Waals surface area contributed by atoms with Crippen molar-refractivity contribution in [2.75, 3.05) is 19.6 Å². The first-order valence-corrected chi connectivity index (χ1v) is 7.33. The number of piperidine rings is 1. The Morgan fingerprint density at radius 2 is 1.79 bits per heavy atom. The van der Waals surface area contributed by atoms with Crippen molar-refractivity contribution >= 4 is 11.9 Å². The SMILES string of the molecule is NCC1CCC(C(=O)N2CCCC(C(=O)O)C2)CC1. The van der Waals surface area contributed by atoms with Gasteiger partial charge >= 0.3 is 5.97 Å². The molecule has 0 aromatic rings. The molecule has 108 valence electrons. The Bertz CT molecular complexity index is 338. The monoisotopic (exact) mass is 268 g/mol. The zero-order valence-electron chi connectivity index (χ0n) is 11.4. The van der Waals surface area contributed by atoms with E-state index in [4.69, 9.17) is 10.8 Å². The number of rotatable bonds is 3. The van der Waals surface area contributed by atoms with Gasteiger partial charge in [-0.25, -0.2) is 0 Å². The van der Waals surface area contributed by atoms with Gasteiger partial charge in [-0.15, -0.1) is 0 Å². The molecule has 1 saturated carbocycles. The van der Waals surface area contributed by atoms with Crippen molar-refractivity contribution in [2.45, 2.75) is 38.5 Å². The standard InChI is InChI=1S/C14H24N2O3/c15-8-10-3-5-11(6-4-10)13(17)16-7-1-2-12(9-16)14(18)19/h10-12H,1-9,15H2,(H,18,19). The van der Waals surface area contributed by atoms with Gasteiger partial charge in [-0.1, -0.05) is 0 Å². The summed E-state index contributed by atoms with van der Waals surface area (Å²) in [6.07, 6.45) is 5.38. The minimum atomic E-state index is -0.774. The van der Waals surface area contributed by atoms with Gasteiger partial charge in [0.25, 0.3) is 0 Å². The van der Waals surface area contributed by atoms with Crippen LogP contribution in [-0.4, -0.2) is 41.5 Å². The van der Waals surface area contributed by atoms with Crippen molar-refractivity contribution in [2.24, 2.45) is 23.5 Å². The molecule has 1 unspecified atom stereocenters. The van der Waals surface area contributed by atoms with Crippen molar-refractivity contribution in [3.63, 3.8) is 0 Å². The van der Waals surface area contributed by atoms with Gasteiger partial charge in [0.1, 0.15) is 0 Å². The van der Waals surface area contributed by atoms with E-state index in [1.807, 2.05) is 0 Å². The summed E-state index contributed by atoms with van der Waals surface area (Å²) in [5.74, 6) is -0.323. The molecule has 0 bridgehead atoms. The minimum Gasteiger partial charge on any atom is -0.481 e. The summed E-state index contributed by atoms with van der Waals surface area (Å²) in [5.41, 5.74) is 5.66. The van der Waals surface area contributed by atoms with Crippen LogP contribution in [0.5, 0.6) is 0 Å². The summed E-state index contributed by atoms with van der Waals surface area (Å²) < 4.78 is 0. The van der Waals surface area contributed by atoms with E-state index < -0.39 is 5.97 Å². The van der Waals surface area contributed by atoms with Crippen LogP contribution in [-0.2, 0) is 9.59 Å². The summed E-state index contributed by atoms with van der Waals surface area (Å²) in [6, 6.07) is 0. The summed E-state index contributed by atoms with van der Waals surface area (Å²) in [5, 5.41) is 9.06. The molecule has 0 spiro atoms. The molecule has 2 aliphatic rings. The second-order valence-corrected chi connectivity index (χ2v) is 5.91. The van der Waals surface area contributed by atoms with Crippen LogP contribution in [0.2, 0.25) is 0 Å². The highest BCUT2D eigenvalue weighted by Gasteiger charge is 2.33. The Morgan fingerprint density at radius 3 is 2.37 bits per heavy atom. The molecule has 5 heteroatoms. The van der Waals surface area contributed by atoms with Gasteiger partial charge in [-0.3, -0.25) is 9.59 Å². The van der Waals surface area contributed by atoms with Gasteiger partial charge < -0.3 is 15.7 Å². The number of hydrogen-bond acceptors (Lipinski definition) is 3. The third-order valence-corrected chi connectivity index (χ3v) is 4.61. The van der Waals surface area contributed by atoms with Crippen molar-refractivity contribution in [3.8, 4) is 0 Å². The van der Waals surface area contributed by atoms with Crippen LogP contribution in [0.1, 0.15) is 38.5 Å². The maximum absolute atomic E-state index is 12.4. The predicted octanol–water partition coefficient (Wildman–Crippen LogP) is 1.07. The highest BCUT2D eigenvalue weighted by molar-refractivity contribution is 5.80. The molecule has 2 rings (SSSR count). The fourth-order valence-corrected chi connectivity index (χ4v) is 3.28. The Labute approximate surface area is 114 Å². The van der Waals surface area contributed by atoms with E-state index in [-0.39, 0.29) is 17.7 Å². The molecule has 1 aliphatic heterocycles. The summed E-state index contributed by atoms with van der Waals surface area (Å²) in [7, 11) is 0. The van der Waals surface area contributed by atoms with Gasteiger partial charge in [-0.05, 0) is 51.0 Å². The smallest absolute Gasteiger partial charge is 0.308 e. The Hall–Kier alpha value is -1.10. The molecule has 1 amide bonds. The van der Waals surface area contributed by atoms with Gasteiger partial charge in [0.2, 0.25) is 5.91 Å². The van der Waals surface area contributed by atoms with E-state index in [1.165, 1.54) is 0 Å². The van der Waals surface area contributed by atoms with E-state index in [9.17, 15) is 9.59 Å². The lowest BCUT2D eigenvalue weighted by molar-refractivity contribution is -0.147. The molecule has 0 radical (unpaired) electrons. The Morgan fingerprint density at radius 1 is 1.11 bits per heavy atom. The largest absolute Gasteiger partial charge is 0.481 e. The molecule has 0 aromatic heterocycles. The van der Waals surface area contributed by atoms with Crippen LogP contribution < -0.4 is 5.73 Å². The zero-order valence-corrected chi connectivity index (χ0v) is 11.4. The normalized spacial score (nSPS) is 32.1. The van der Waals surface area contributed by atoms with E-state index in [2.05, 4.69) is 0 Å². The summed E-state index contributed by atoms with van der Waals surface area (Å²) in [6.45, 7) is 1.83. The van der Waals surface area contributed by atoms with Crippen LogP contribution in [0.25, 0.3) is 0 Å². The third kappa shape index (κ3) is 3.47. The molecule has 19 heavy (non-hydrogen) atoms. The third-order valence-electron chi connectivity index (χ3n) is 4.61. The van der Waals surface area contributed by atoms with Crippen molar-refractivity contribution in [3.05, 3.63) is 0 Å². The van der Waals surface area contributed by atoms with Crippen molar-refractivity contribution in [1.29, 1.82) is 0 Å². The first-order chi connectivity index (χ1) is 9.11. The molecule has 0 aromatic carbocycles. The van der Waals surface area contributed by atoms with Crippen molar-refractivity contribution < 1.29 is 14.7 Å². The van der Waals surface area contributed by atoms with Crippen LogP contribution in [0.4, 0.5) is 0 Å². The molecule has 5 nitrogen and oxygen atoms in total. The first kappa shape index (κ1) is 14.3. The Kier molecular flexibility index (Phi) is 4.80. The highest BCUT2D eigenvalue weighted by Crippen LogP contribution is 2.30. The second kappa shape index (κ2) is 6.37. The molecular formula is C14H24N2O3. The number of carbonyl (C=O) groups is 2. The average molecular weight is 268 g/mol. The van der Waals surface area contributed by atoms with E-state index >= 15 is 0 Å². The number of carboxylic acids is 1. The predicted molar refractivity (Wildman–Crippen MR) is 71.4 cm³/mol. The lowest BCUT2D eigenvalue weighted by Gasteiger charge is -2.35. The molecule has 2 fully saturated rings. The van der Waals surface area contributed by atoms with Gasteiger partial charge in [0, 0.05) is 19.0 Å². The van der Waals surface area contributed by atoms with Gasteiger partial charge in [-0.2, -0.15) is 0 Å². The first-order valence-electron chi connectivity index (χ1n) is 7.33. The second-order valence-electron chi connectivity index (χ2n) is 5.91. The van der Waals surface area contributed by atoms with Crippen LogP contribution >= 0.6 is 0 Å². The van der Waals surface area contributed by atoms with Gasteiger partial charge in [0.15, 0.2) is 0 Å². The number of nitrogens with two attached hydrogens (primary N) is 1. The van der Waals surface area contributed by atoms with Crippen LogP contribution in [0.15, 0.2) is 0 Å². The molecule has 1 aliphatic carbocycles. The van der Waals surface area contributed by atoms with E-state index in [1.54, 1.807) is 4.90 Å². The topological polar surface area (TPSA) is 83.6 Å². The molecular weight excluding hydrogens is 244 g/mol. The van der Waals surface area contributed by atoms with E-state index in [0.29, 0.717) is 25.4 Å². The van der Waals surface area contributed by atoms with Crippen LogP contribution in [0, 0.1) is 17.8 Å². The summed E-state index contributed by atoms with van der Waals surface area (Å²) in [4.78, 5) is 25.2. The number of carboxylic acid groups (broad SMARTS) is 1. The molecule has 1 heterocycles. The summed E-state index contributed by atoms with van der Waals surface area (Å²) >= 11 is 0. The quantitative estimate of drug-likeness (QED) is 0.802. The maximum Gasteiger partial charge on any atom is 0.308 e. The fourth-order valence-electron chi connectivity index (χ4n) is 3.28. The highest BCUT2D eigenvalue weighted by atomic mass is 16.4. The average Bonchev–Trinajstić information content (AvgIpc) is 2.46. The lowest BCUT2D eigenvalue weighted by Crippen LogP contribution is -2.45.